The van der Waals surface area contributed by atoms with Crippen molar-refractivity contribution in [2.75, 3.05) is 13.1 Å². The smallest absolute Gasteiger partial charge is 0.239 e. The molecule has 1 aromatic carbocycles. The van der Waals surface area contributed by atoms with Crippen molar-refractivity contribution >= 4 is 5.91 Å². The van der Waals surface area contributed by atoms with Gasteiger partial charge in [0.1, 0.15) is 5.82 Å². The van der Waals surface area contributed by atoms with E-state index in [1.165, 1.54) is 12.1 Å². The molecule has 0 bridgehead atoms. The Hall–Kier alpha value is -1.42. The van der Waals surface area contributed by atoms with Gasteiger partial charge < -0.3 is 10.6 Å². The monoisotopic (exact) mass is 236 g/mol. The van der Waals surface area contributed by atoms with Crippen molar-refractivity contribution in [3.8, 4) is 0 Å². The molecule has 0 aromatic heterocycles. The van der Waals surface area contributed by atoms with Crippen molar-refractivity contribution in [3.05, 3.63) is 35.1 Å². The maximum atomic E-state index is 12.9. The number of likely N-dealkylation sites (tertiary alicyclic amines) is 1. The summed E-state index contributed by atoms with van der Waals surface area (Å²) >= 11 is 0. The molecule has 1 fully saturated rings. The van der Waals surface area contributed by atoms with Crippen molar-refractivity contribution < 1.29 is 9.18 Å². The molecular formula is C13H17FN2O. The van der Waals surface area contributed by atoms with E-state index in [9.17, 15) is 9.18 Å². The van der Waals surface area contributed by atoms with Crippen molar-refractivity contribution in [1.29, 1.82) is 0 Å². The molecule has 17 heavy (non-hydrogen) atoms. The average molecular weight is 236 g/mol. The molecule has 4 heteroatoms. The Labute approximate surface area is 100 Å². The van der Waals surface area contributed by atoms with Crippen molar-refractivity contribution in [1.82, 2.24) is 4.90 Å². The first kappa shape index (κ1) is 12.0. The van der Waals surface area contributed by atoms with E-state index in [0.717, 1.165) is 30.5 Å². The van der Waals surface area contributed by atoms with E-state index in [0.29, 0.717) is 6.54 Å². The Morgan fingerprint density at radius 3 is 2.88 bits per heavy atom. The van der Waals surface area contributed by atoms with Gasteiger partial charge in [-0.2, -0.15) is 0 Å². The Balaban J connectivity index is 1.96. The predicted molar refractivity (Wildman–Crippen MR) is 64.0 cm³/mol. The van der Waals surface area contributed by atoms with E-state index >= 15 is 0 Å². The van der Waals surface area contributed by atoms with Gasteiger partial charge in [0.25, 0.3) is 0 Å². The maximum Gasteiger partial charge on any atom is 0.239 e. The van der Waals surface area contributed by atoms with Gasteiger partial charge in [0.15, 0.2) is 0 Å². The first-order valence-electron chi connectivity index (χ1n) is 5.87. The van der Waals surface area contributed by atoms with Gasteiger partial charge in [-0.05, 0) is 43.0 Å². The highest BCUT2D eigenvalue weighted by atomic mass is 19.1. The highest BCUT2D eigenvalue weighted by Gasteiger charge is 2.27. The summed E-state index contributed by atoms with van der Waals surface area (Å²) in [6.07, 6.45) is 1.49. The van der Waals surface area contributed by atoms with Gasteiger partial charge in [-0.25, -0.2) is 4.39 Å². The van der Waals surface area contributed by atoms with E-state index in [1.807, 2.05) is 6.92 Å². The standard InChI is InChI=1S/C13H17FN2O/c1-9-8-11(14)3-2-10(9)4-6-16-7-5-12(15)13(16)17/h2-3,8,12H,4-7,15H2,1H3. The molecule has 1 aliphatic heterocycles. The number of nitrogens with zero attached hydrogens (tertiary/aromatic N) is 1. The zero-order valence-electron chi connectivity index (χ0n) is 9.95. The van der Waals surface area contributed by atoms with Crippen LogP contribution in [-0.2, 0) is 11.2 Å². The lowest BCUT2D eigenvalue weighted by Crippen LogP contribution is -2.35. The van der Waals surface area contributed by atoms with Gasteiger partial charge in [-0.1, -0.05) is 6.07 Å². The van der Waals surface area contributed by atoms with Crippen LogP contribution in [0.5, 0.6) is 0 Å². The molecule has 1 unspecified atom stereocenters. The van der Waals surface area contributed by atoms with Crippen LogP contribution in [0.25, 0.3) is 0 Å². The molecule has 2 rings (SSSR count). The number of halogens is 1. The maximum absolute atomic E-state index is 12.9. The van der Waals surface area contributed by atoms with Crippen LogP contribution in [0.15, 0.2) is 18.2 Å². The van der Waals surface area contributed by atoms with E-state index in [-0.39, 0.29) is 17.8 Å². The Morgan fingerprint density at radius 2 is 2.29 bits per heavy atom. The lowest BCUT2D eigenvalue weighted by atomic mass is 10.1. The second kappa shape index (κ2) is 4.84. The molecule has 92 valence electrons. The highest BCUT2D eigenvalue weighted by Crippen LogP contribution is 2.14. The molecular weight excluding hydrogens is 219 g/mol. The number of aryl methyl sites for hydroxylation is 1. The number of nitrogens with two attached hydrogens (primary N) is 1. The van der Waals surface area contributed by atoms with Crippen LogP contribution in [0, 0.1) is 12.7 Å². The lowest BCUT2D eigenvalue weighted by molar-refractivity contribution is -0.128. The van der Waals surface area contributed by atoms with Gasteiger partial charge in [0.2, 0.25) is 5.91 Å². The van der Waals surface area contributed by atoms with Crippen molar-refractivity contribution in [2.24, 2.45) is 5.73 Å². The van der Waals surface area contributed by atoms with Crippen LogP contribution in [-0.4, -0.2) is 29.9 Å². The lowest BCUT2D eigenvalue weighted by Gasteiger charge is -2.16. The summed E-state index contributed by atoms with van der Waals surface area (Å²) in [6, 6.07) is 4.43. The van der Waals surface area contributed by atoms with Crippen LogP contribution in [0.3, 0.4) is 0 Å². The number of benzene rings is 1. The third kappa shape index (κ3) is 2.64. The minimum atomic E-state index is -0.329. The first-order chi connectivity index (χ1) is 8.08. The second-order valence-electron chi connectivity index (χ2n) is 4.54. The third-order valence-corrected chi connectivity index (χ3v) is 3.29. The number of hydrogen-bond donors (Lipinski definition) is 1. The molecule has 1 heterocycles. The largest absolute Gasteiger partial charge is 0.341 e. The Kier molecular flexibility index (Phi) is 3.43. The van der Waals surface area contributed by atoms with Gasteiger partial charge in [0.05, 0.1) is 6.04 Å². The fourth-order valence-electron chi connectivity index (χ4n) is 2.18. The number of amides is 1. The van der Waals surface area contributed by atoms with Crippen LogP contribution in [0.2, 0.25) is 0 Å². The molecule has 2 N–H and O–H groups in total. The molecule has 1 atom stereocenters. The SMILES string of the molecule is Cc1cc(F)ccc1CCN1CCC(N)C1=O. The fraction of sp³-hybridized carbons (Fsp3) is 0.462. The fourth-order valence-corrected chi connectivity index (χ4v) is 2.18. The summed E-state index contributed by atoms with van der Waals surface area (Å²) in [7, 11) is 0. The summed E-state index contributed by atoms with van der Waals surface area (Å²) in [5, 5.41) is 0. The van der Waals surface area contributed by atoms with E-state index in [1.54, 1.807) is 11.0 Å². The highest BCUT2D eigenvalue weighted by molar-refractivity contribution is 5.83. The summed E-state index contributed by atoms with van der Waals surface area (Å²) in [5.74, 6) is -0.185. The van der Waals surface area contributed by atoms with Crippen LogP contribution in [0.1, 0.15) is 17.5 Å². The van der Waals surface area contributed by atoms with Gasteiger partial charge in [-0.15, -0.1) is 0 Å². The van der Waals surface area contributed by atoms with Gasteiger partial charge in [0, 0.05) is 13.1 Å². The normalized spacial score (nSPS) is 20.1. The number of hydrogen-bond acceptors (Lipinski definition) is 2. The van der Waals surface area contributed by atoms with Gasteiger partial charge in [-0.3, -0.25) is 4.79 Å². The molecule has 0 radical (unpaired) electrons. The van der Waals surface area contributed by atoms with Crippen molar-refractivity contribution in [3.63, 3.8) is 0 Å². The van der Waals surface area contributed by atoms with Crippen LogP contribution >= 0.6 is 0 Å². The van der Waals surface area contributed by atoms with Crippen molar-refractivity contribution in [2.45, 2.75) is 25.8 Å². The van der Waals surface area contributed by atoms with E-state index in [2.05, 4.69) is 0 Å². The molecule has 1 aliphatic rings. The van der Waals surface area contributed by atoms with Crippen LogP contribution < -0.4 is 5.73 Å². The average Bonchev–Trinajstić information content (AvgIpc) is 2.59. The quantitative estimate of drug-likeness (QED) is 0.858. The third-order valence-electron chi connectivity index (χ3n) is 3.29. The zero-order valence-corrected chi connectivity index (χ0v) is 9.95. The molecule has 0 aliphatic carbocycles. The molecule has 0 spiro atoms. The topological polar surface area (TPSA) is 46.3 Å². The summed E-state index contributed by atoms with van der Waals surface area (Å²) in [4.78, 5) is 13.4. The number of rotatable bonds is 3. The summed E-state index contributed by atoms with van der Waals surface area (Å²) in [6.45, 7) is 3.29. The minimum absolute atomic E-state index is 0.0322. The number of carbonyl (C=O) groups excluding carboxylic acids is 1. The molecule has 0 saturated carbocycles. The second-order valence-corrected chi connectivity index (χ2v) is 4.54. The molecule has 1 amide bonds. The number of carbonyl (C=O) groups is 1. The zero-order chi connectivity index (χ0) is 12.4. The van der Waals surface area contributed by atoms with Crippen LogP contribution in [0.4, 0.5) is 4.39 Å². The van der Waals surface area contributed by atoms with Gasteiger partial charge >= 0.3 is 0 Å². The Morgan fingerprint density at radius 1 is 1.53 bits per heavy atom. The first-order valence-corrected chi connectivity index (χ1v) is 5.87. The molecule has 1 saturated heterocycles. The predicted octanol–water partition coefficient (Wildman–Crippen LogP) is 1.24. The minimum Gasteiger partial charge on any atom is -0.341 e. The Bertz CT molecular complexity index is 433. The molecule has 1 aromatic rings. The van der Waals surface area contributed by atoms with E-state index in [4.69, 9.17) is 5.73 Å². The summed E-state index contributed by atoms with van der Waals surface area (Å²) < 4.78 is 12.9. The molecule has 3 nitrogen and oxygen atoms in total. The van der Waals surface area contributed by atoms with E-state index < -0.39 is 0 Å². The summed E-state index contributed by atoms with van der Waals surface area (Å²) in [5.41, 5.74) is 7.66.